The third-order valence-electron chi connectivity index (χ3n) is 4.06. The summed E-state index contributed by atoms with van der Waals surface area (Å²) in [7, 11) is 0. The van der Waals surface area contributed by atoms with E-state index in [1.807, 2.05) is 19.1 Å². The number of fused-ring (bicyclic) bond motifs is 1. The monoisotopic (exact) mass is 285 g/mol. The number of likely N-dealkylation sites (tertiary alicyclic amines) is 1. The molecule has 0 N–H and O–H groups in total. The Balaban J connectivity index is 1.89. The molecule has 0 amide bonds. The van der Waals surface area contributed by atoms with Crippen LogP contribution < -0.4 is 5.56 Å². The Morgan fingerprint density at radius 1 is 1.48 bits per heavy atom. The smallest absolute Gasteiger partial charge is 0.258 e. The van der Waals surface area contributed by atoms with Crippen molar-refractivity contribution < 1.29 is 4.79 Å². The van der Waals surface area contributed by atoms with Crippen LogP contribution in [0.2, 0.25) is 0 Å². The second kappa shape index (κ2) is 5.77. The Kier molecular flexibility index (Phi) is 3.84. The average molecular weight is 285 g/mol. The van der Waals surface area contributed by atoms with E-state index < -0.39 is 0 Å². The van der Waals surface area contributed by atoms with Crippen molar-refractivity contribution in [3.8, 4) is 0 Å². The molecule has 1 fully saturated rings. The minimum Gasteiger partial charge on any atom is -0.303 e. The predicted octanol–water partition coefficient (Wildman–Crippen LogP) is 1.41. The fourth-order valence-corrected chi connectivity index (χ4v) is 2.96. The van der Waals surface area contributed by atoms with Gasteiger partial charge in [0.25, 0.3) is 5.56 Å². The Bertz CT molecular complexity index is 723. The van der Waals surface area contributed by atoms with Gasteiger partial charge in [0.15, 0.2) is 0 Å². The lowest BCUT2D eigenvalue weighted by molar-refractivity contribution is -0.112. The standard InChI is InChI=1S/C16H19N3O2/c1-12-4-2-7-19-15(21)8-14(17-16(12)19)10-18-6-3-5-13(9-18)11-20/h2,4,7-8,11,13H,3,5-6,9-10H2,1H3. The van der Waals surface area contributed by atoms with Crippen molar-refractivity contribution in [3.05, 3.63) is 46.0 Å². The van der Waals surface area contributed by atoms with Crippen LogP contribution in [0.3, 0.4) is 0 Å². The highest BCUT2D eigenvalue weighted by Gasteiger charge is 2.20. The first-order valence-electron chi connectivity index (χ1n) is 7.33. The van der Waals surface area contributed by atoms with Gasteiger partial charge in [-0.3, -0.25) is 14.1 Å². The van der Waals surface area contributed by atoms with E-state index >= 15 is 0 Å². The number of pyridine rings is 1. The number of hydrogen-bond acceptors (Lipinski definition) is 4. The molecule has 0 aromatic carbocycles. The lowest BCUT2D eigenvalue weighted by Crippen LogP contribution is -2.36. The number of carbonyl (C=O) groups excluding carboxylic acids is 1. The summed E-state index contributed by atoms with van der Waals surface area (Å²) in [5, 5.41) is 0. The summed E-state index contributed by atoms with van der Waals surface area (Å²) < 4.78 is 1.57. The molecule has 0 spiro atoms. The SMILES string of the molecule is Cc1cccn2c(=O)cc(CN3CCCC(C=O)C3)nc12. The van der Waals surface area contributed by atoms with Crippen molar-refractivity contribution in [2.45, 2.75) is 26.3 Å². The Morgan fingerprint density at radius 2 is 2.33 bits per heavy atom. The molecule has 0 saturated carbocycles. The molecule has 3 rings (SSSR count). The van der Waals surface area contributed by atoms with Crippen LogP contribution in [0.4, 0.5) is 0 Å². The summed E-state index contributed by atoms with van der Waals surface area (Å²) in [6.07, 6.45) is 4.77. The molecule has 5 nitrogen and oxygen atoms in total. The highest BCUT2D eigenvalue weighted by molar-refractivity contribution is 5.54. The molecule has 2 aromatic rings. The molecular formula is C16H19N3O2. The van der Waals surface area contributed by atoms with Gasteiger partial charge in [0.1, 0.15) is 11.9 Å². The Hall–Kier alpha value is -2.01. The largest absolute Gasteiger partial charge is 0.303 e. The molecule has 1 saturated heterocycles. The lowest BCUT2D eigenvalue weighted by atomic mass is 10.00. The van der Waals surface area contributed by atoms with E-state index in [-0.39, 0.29) is 11.5 Å². The van der Waals surface area contributed by atoms with Gasteiger partial charge in [-0.15, -0.1) is 0 Å². The van der Waals surface area contributed by atoms with E-state index in [1.54, 1.807) is 16.7 Å². The summed E-state index contributed by atoms with van der Waals surface area (Å²) in [6, 6.07) is 5.40. The van der Waals surface area contributed by atoms with Crippen LogP contribution >= 0.6 is 0 Å². The molecule has 21 heavy (non-hydrogen) atoms. The van der Waals surface area contributed by atoms with Gasteiger partial charge in [0, 0.05) is 31.3 Å². The molecule has 0 bridgehead atoms. The fourth-order valence-electron chi connectivity index (χ4n) is 2.96. The van der Waals surface area contributed by atoms with E-state index in [9.17, 15) is 9.59 Å². The van der Waals surface area contributed by atoms with E-state index in [4.69, 9.17) is 0 Å². The minimum atomic E-state index is -0.0531. The maximum absolute atomic E-state index is 12.2. The van der Waals surface area contributed by atoms with Gasteiger partial charge in [0.2, 0.25) is 0 Å². The summed E-state index contributed by atoms with van der Waals surface area (Å²) in [5.74, 6) is 0.113. The molecule has 1 atom stereocenters. The second-order valence-corrected chi connectivity index (χ2v) is 5.74. The fraction of sp³-hybridized carbons (Fsp3) is 0.438. The van der Waals surface area contributed by atoms with Crippen LogP contribution in [0.1, 0.15) is 24.1 Å². The molecule has 3 heterocycles. The second-order valence-electron chi connectivity index (χ2n) is 5.74. The van der Waals surface area contributed by atoms with Gasteiger partial charge < -0.3 is 4.79 Å². The predicted molar refractivity (Wildman–Crippen MR) is 80.3 cm³/mol. The van der Waals surface area contributed by atoms with Crippen molar-refractivity contribution >= 4 is 11.9 Å². The number of nitrogens with zero attached hydrogens (tertiary/aromatic N) is 3. The van der Waals surface area contributed by atoms with E-state index in [0.29, 0.717) is 12.2 Å². The third-order valence-corrected chi connectivity index (χ3v) is 4.06. The topological polar surface area (TPSA) is 54.7 Å². The molecule has 2 aromatic heterocycles. The van der Waals surface area contributed by atoms with E-state index in [1.165, 1.54) is 0 Å². The number of aldehydes is 1. The van der Waals surface area contributed by atoms with Crippen molar-refractivity contribution in [2.24, 2.45) is 5.92 Å². The maximum Gasteiger partial charge on any atom is 0.258 e. The van der Waals surface area contributed by atoms with Crippen molar-refractivity contribution in [3.63, 3.8) is 0 Å². The maximum atomic E-state index is 12.2. The number of aryl methyl sites for hydroxylation is 1. The number of piperidine rings is 1. The highest BCUT2D eigenvalue weighted by atomic mass is 16.1. The molecule has 0 aliphatic carbocycles. The molecule has 1 unspecified atom stereocenters. The number of aromatic nitrogens is 2. The third kappa shape index (κ3) is 2.88. The molecule has 5 heteroatoms. The minimum absolute atomic E-state index is 0.0531. The van der Waals surface area contributed by atoms with E-state index in [2.05, 4.69) is 9.88 Å². The molecule has 0 radical (unpaired) electrons. The molecule has 1 aliphatic rings. The lowest BCUT2D eigenvalue weighted by Gasteiger charge is -2.29. The quantitative estimate of drug-likeness (QED) is 0.800. The van der Waals surface area contributed by atoms with Crippen molar-refractivity contribution in [1.29, 1.82) is 0 Å². The number of carbonyl (C=O) groups is 1. The van der Waals surface area contributed by atoms with Gasteiger partial charge >= 0.3 is 0 Å². The summed E-state index contributed by atoms with van der Waals surface area (Å²) in [6.45, 7) is 4.30. The highest BCUT2D eigenvalue weighted by Crippen LogP contribution is 2.16. The van der Waals surface area contributed by atoms with Gasteiger partial charge in [-0.05, 0) is 37.9 Å². The molecule has 110 valence electrons. The van der Waals surface area contributed by atoms with Gasteiger partial charge in [0.05, 0.1) is 5.69 Å². The molecule has 1 aliphatic heterocycles. The van der Waals surface area contributed by atoms with Crippen LogP contribution in [0.5, 0.6) is 0 Å². The first-order chi connectivity index (χ1) is 10.2. The van der Waals surface area contributed by atoms with Gasteiger partial charge in [-0.1, -0.05) is 6.07 Å². The zero-order valence-corrected chi connectivity index (χ0v) is 12.2. The van der Waals surface area contributed by atoms with E-state index in [0.717, 1.165) is 43.5 Å². The number of rotatable bonds is 3. The van der Waals surface area contributed by atoms with Crippen LogP contribution in [-0.4, -0.2) is 33.7 Å². The van der Waals surface area contributed by atoms with Crippen LogP contribution in [-0.2, 0) is 11.3 Å². The Labute approximate surface area is 123 Å². The van der Waals surface area contributed by atoms with Crippen LogP contribution in [0, 0.1) is 12.8 Å². The summed E-state index contributed by atoms with van der Waals surface area (Å²) >= 11 is 0. The van der Waals surface area contributed by atoms with Crippen molar-refractivity contribution in [2.75, 3.05) is 13.1 Å². The van der Waals surface area contributed by atoms with Gasteiger partial charge in [-0.25, -0.2) is 4.98 Å². The normalized spacial score (nSPS) is 19.8. The van der Waals surface area contributed by atoms with Gasteiger partial charge in [-0.2, -0.15) is 0 Å². The van der Waals surface area contributed by atoms with Crippen LogP contribution in [0.15, 0.2) is 29.2 Å². The average Bonchev–Trinajstić information content (AvgIpc) is 2.49. The van der Waals surface area contributed by atoms with Crippen LogP contribution in [0.25, 0.3) is 5.65 Å². The zero-order chi connectivity index (χ0) is 14.8. The number of hydrogen-bond donors (Lipinski definition) is 0. The zero-order valence-electron chi connectivity index (χ0n) is 12.2. The first kappa shape index (κ1) is 13.9. The summed E-state index contributed by atoms with van der Waals surface area (Å²) in [4.78, 5) is 29.9. The Morgan fingerprint density at radius 3 is 3.14 bits per heavy atom. The van der Waals surface area contributed by atoms with Crippen molar-refractivity contribution in [1.82, 2.24) is 14.3 Å². The molecular weight excluding hydrogens is 266 g/mol. The first-order valence-corrected chi connectivity index (χ1v) is 7.33. The summed E-state index contributed by atoms with van der Waals surface area (Å²) in [5.41, 5.74) is 2.42.